The molecule has 146 valence electrons. The van der Waals surface area contributed by atoms with E-state index in [2.05, 4.69) is 15.0 Å². The largest absolute Gasteiger partial charge is 0.493 e. The molecule has 0 saturated carbocycles. The number of methoxy groups -OCH3 is 2. The minimum Gasteiger partial charge on any atom is -0.493 e. The van der Waals surface area contributed by atoms with Crippen molar-refractivity contribution in [2.75, 3.05) is 24.3 Å². The van der Waals surface area contributed by atoms with Gasteiger partial charge in [0.15, 0.2) is 11.5 Å². The van der Waals surface area contributed by atoms with E-state index in [4.69, 9.17) is 9.47 Å². The maximum Gasteiger partial charge on any atom is 0.261 e. The summed E-state index contributed by atoms with van der Waals surface area (Å²) in [6.07, 6.45) is 1.45. The molecule has 0 atom stereocenters. The van der Waals surface area contributed by atoms with Gasteiger partial charge >= 0.3 is 0 Å². The van der Waals surface area contributed by atoms with Gasteiger partial charge in [-0.05, 0) is 43.3 Å². The molecule has 0 aliphatic carbocycles. The number of sulfonamides is 1. The molecule has 1 aromatic heterocycles. The van der Waals surface area contributed by atoms with E-state index in [0.29, 0.717) is 23.0 Å². The molecule has 3 aromatic rings. The number of rotatable bonds is 7. The molecule has 7 nitrogen and oxygen atoms in total. The Morgan fingerprint density at radius 2 is 1.54 bits per heavy atom. The highest BCUT2D eigenvalue weighted by atomic mass is 32.2. The quantitative estimate of drug-likeness (QED) is 0.625. The second kappa shape index (κ2) is 8.18. The Hall–Kier alpha value is -3.26. The van der Waals surface area contributed by atoms with E-state index in [1.54, 1.807) is 62.8 Å². The van der Waals surface area contributed by atoms with Gasteiger partial charge in [-0.25, -0.2) is 13.4 Å². The van der Waals surface area contributed by atoms with Crippen LogP contribution in [0.4, 0.5) is 17.2 Å². The van der Waals surface area contributed by atoms with Crippen LogP contribution in [-0.2, 0) is 10.0 Å². The summed E-state index contributed by atoms with van der Waals surface area (Å²) in [5.74, 6) is 1.78. The lowest BCUT2D eigenvalue weighted by atomic mass is 10.2. The molecule has 8 heteroatoms. The van der Waals surface area contributed by atoms with Crippen LogP contribution in [0.1, 0.15) is 5.56 Å². The number of nitrogens with one attached hydrogen (secondary N) is 2. The molecule has 0 fully saturated rings. The Balaban J connectivity index is 1.72. The molecule has 0 radical (unpaired) electrons. The van der Waals surface area contributed by atoms with Crippen molar-refractivity contribution in [3.8, 4) is 11.5 Å². The van der Waals surface area contributed by atoms with Crippen molar-refractivity contribution < 1.29 is 17.9 Å². The van der Waals surface area contributed by atoms with Crippen molar-refractivity contribution in [3.63, 3.8) is 0 Å². The van der Waals surface area contributed by atoms with Crippen molar-refractivity contribution in [3.05, 3.63) is 66.4 Å². The SMILES string of the molecule is COc1ccc(Nc2ccc(NS(=O)(=O)c3ccc(C)cc3)cn2)cc1OC. The van der Waals surface area contributed by atoms with Crippen LogP contribution in [0.25, 0.3) is 0 Å². The molecule has 0 bridgehead atoms. The smallest absolute Gasteiger partial charge is 0.261 e. The fourth-order valence-corrected chi connectivity index (χ4v) is 3.56. The van der Waals surface area contributed by atoms with Crippen LogP contribution in [-0.4, -0.2) is 27.6 Å². The highest BCUT2D eigenvalue weighted by molar-refractivity contribution is 7.92. The number of aromatic nitrogens is 1. The number of hydrogen-bond acceptors (Lipinski definition) is 6. The summed E-state index contributed by atoms with van der Waals surface area (Å²) < 4.78 is 37.9. The molecule has 28 heavy (non-hydrogen) atoms. The number of benzene rings is 2. The van der Waals surface area contributed by atoms with Gasteiger partial charge in [-0.2, -0.15) is 0 Å². The summed E-state index contributed by atoms with van der Waals surface area (Å²) in [7, 11) is -0.523. The van der Waals surface area contributed by atoms with Gasteiger partial charge in [-0.3, -0.25) is 4.72 Å². The molecule has 2 N–H and O–H groups in total. The first-order valence-electron chi connectivity index (χ1n) is 8.46. The molecule has 0 spiro atoms. The number of anilines is 3. The fourth-order valence-electron chi connectivity index (χ4n) is 2.52. The van der Waals surface area contributed by atoms with Gasteiger partial charge in [-0.15, -0.1) is 0 Å². The van der Waals surface area contributed by atoms with Gasteiger partial charge in [0.25, 0.3) is 10.0 Å². The zero-order chi connectivity index (χ0) is 20.1. The highest BCUT2D eigenvalue weighted by Crippen LogP contribution is 2.31. The van der Waals surface area contributed by atoms with Crippen LogP contribution in [0.15, 0.2) is 65.7 Å². The maximum atomic E-state index is 12.4. The summed E-state index contributed by atoms with van der Waals surface area (Å²) in [6, 6.07) is 15.4. The van der Waals surface area contributed by atoms with Crippen molar-refractivity contribution in [2.24, 2.45) is 0 Å². The Morgan fingerprint density at radius 3 is 2.14 bits per heavy atom. The van der Waals surface area contributed by atoms with E-state index in [1.807, 2.05) is 13.0 Å². The normalized spacial score (nSPS) is 11.0. The van der Waals surface area contributed by atoms with Gasteiger partial charge in [0.1, 0.15) is 5.82 Å². The van der Waals surface area contributed by atoms with E-state index in [0.717, 1.165) is 11.3 Å². The van der Waals surface area contributed by atoms with Crippen LogP contribution < -0.4 is 19.5 Å². The van der Waals surface area contributed by atoms with Gasteiger partial charge in [0.2, 0.25) is 0 Å². The third-order valence-electron chi connectivity index (χ3n) is 4.00. The predicted octanol–water partition coefficient (Wildman–Crippen LogP) is 3.95. The van der Waals surface area contributed by atoms with E-state index in [1.165, 1.54) is 6.20 Å². The summed E-state index contributed by atoms with van der Waals surface area (Å²) >= 11 is 0. The minimum absolute atomic E-state index is 0.200. The Labute approximate surface area is 164 Å². The Morgan fingerprint density at radius 1 is 0.857 bits per heavy atom. The van der Waals surface area contributed by atoms with Crippen LogP contribution >= 0.6 is 0 Å². The van der Waals surface area contributed by atoms with Crippen molar-refractivity contribution in [1.82, 2.24) is 4.98 Å². The molecule has 3 rings (SSSR count). The van der Waals surface area contributed by atoms with Gasteiger partial charge < -0.3 is 14.8 Å². The molecule has 0 saturated heterocycles. The van der Waals surface area contributed by atoms with Crippen LogP contribution in [0, 0.1) is 6.92 Å². The van der Waals surface area contributed by atoms with Crippen LogP contribution in [0.2, 0.25) is 0 Å². The molecule has 1 heterocycles. The van der Waals surface area contributed by atoms with Gasteiger partial charge in [-0.1, -0.05) is 17.7 Å². The number of aryl methyl sites for hydroxylation is 1. The van der Waals surface area contributed by atoms with Crippen LogP contribution in [0.3, 0.4) is 0 Å². The predicted molar refractivity (Wildman–Crippen MR) is 109 cm³/mol. The third-order valence-corrected chi connectivity index (χ3v) is 5.40. The Kier molecular flexibility index (Phi) is 5.70. The van der Waals surface area contributed by atoms with E-state index in [9.17, 15) is 8.42 Å². The second-order valence-electron chi connectivity index (χ2n) is 6.05. The summed E-state index contributed by atoms with van der Waals surface area (Å²) in [6.45, 7) is 1.90. The molecule has 2 aromatic carbocycles. The zero-order valence-electron chi connectivity index (χ0n) is 15.8. The first-order chi connectivity index (χ1) is 13.4. The zero-order valence-corrected chi connectivity index (χ0v) is 16.6. The molecule has 0 aliphatic rings. The number of ether oxygens (including phenoxy) is 2. The van der Waals surface area contributed by atoms with Crippen molar-refractivity contribution in [1.29, 1.82) is 0 Å². The average Bonchev–Trinajstić information content (AvgIpc) is 2.69. The number of hydrogen-bond donors (Lipinski definition) is 2. The molecule has 0 aliphatic heterocycles. The summed E-state index contributed by atoms with van der Waals surface area (Å²) in [5.41, 5.74) is 2.13. The minimum atomic E-state index is -3.66. The number of nitrogens with zero attached hydrogens (tertiary/aromatic N) is 1. The lowest BCUT2D eigenvalue weighted by Gasteiger charge is -2.12. The summed E-state index contributed by atoms with van der Waals surface area (Å²) in [4.78, 5) is 4.45. The molecule has 0 unspecified atom stereocenters. The maximum absolute atomic E-state index is 12.4. The first kappa shape index (κ1) is 19.5. The lowest BCUT2D eigenvalue weighted by molar-refractivity contribution is 0.355. The van der Waals surface area contributed by atoms with E-state index < -0.39 is 10.0 Å². The van der Waals surface area contributed by atoms with Gasteiger partial charge in [0, 0.05) is 11.8 Å². The molecular weight excluding hydrogens is 378 g/mol. The number of pyridine rings is 1. The van der Waals surface area contributed by atoms with E-state index in [-0.39, 0.29) is 4.90 Å². The van der Waals surface area contributed by atoms with Gasteiger partial charge in [0.05, 0.1) is 31.0 Å². The third kappa shape index (κ3) is 4.52. The van der Waals surface area contributed by atoms with E-state index >= 15 is 0 Å². The van der Waals surface area contributed by atoms with Crippen LogP contribution in [0.5, 0.6) is 11.5 Å². The molecular formula is C20H21N3O4S. The lowest BCUT2D eigenvalue weighted by Crippen LogP contribution is -2.13. The fraction of sp³-hybridized carbons (Fsp3) is 0.150. The first-order valence-corrected chi connectivity index (χ1v) is 9.94. The molecule has 0 amide bonds. The highest BCUT2D eigenvalue weighted by Gasteiger charge is 2.14. The van der Waals surface area contributed by atoms with Crippen molar-refractivity contribution in [2.45, 2.75) is 11.8 Å². The second-order valence-corrected chi connectivity index (χ2v) is 7.73. The topological polar surface area (TPSA) is 89.6 Å². The summed E-state index contributed by atoms with van der Waals surface area (Å²) in [5, 5.41) is 3.13. The standard InChI is InChI=1S/C20H21N3O4S/c1-14-4-8-17(9-5-14)28(24,25)23-16-7-11-20(21-13-16)22-15-6-10-18(26-2)19(12-15)27-3/h4-13,23H,1-3H3,(H,21,22). The van der Waals surface area contributed by atoms with Crippen molar-refractivity contribution >= 4 is 27.2 Å². The average molecular weight is 399 g/mol. The monoisotopic (exact) mass is 399 g/mol. The Bertz CT molecular complexity index is 1050.